The Morgan fingerprint density at radius 2 is 2.29 bits per heavy atom. The third kappa shape index (κ3) is 2.82. The largest absolute Gasteiger partial charge is 0.310 e. The normalized spacial score (nSPS) is 18.1. The number of nitrogens with one attached hydrogen (secondary N) is 1. The highest BCUT2D eigenvalue weighted by atomic mass is 79.9. The van der Waals surface area contributed by atoms with Crippen molar-refractivity contribution in [1.82, 2.24) is 5.32 Å². The maximum Gasteiger partial charge on any atom is 0.0292 e. The molecule has 1 fully saturated rings. The van der Waals surface area contributed by atoms with Crippen LogP contribution in [0, 0.1) is 5.92 Å². The lowest BCUT2D eigenvalue weighted by molar-refractivity contribution is 0.548. The summed E-state index contributed by atoms with van der Waals surface area (Å²) in [6, 6.07) is 8.99. The van der Waals surface area contributed by atoms with E-state index in [1.165, 1.54) is 24.9 Å². The van der Waals surface area contributed by atoms with Crippen molar-refractivity contribution in [3.8, 4) is 0 Å². The van der Waals surface area contributed by atoms with Crippen LogP contribution in [0.4, 0.5) is 0 Å². The van der Waals surface area contributed by atoms with Crippen LogP contribution in [-0.2, 0) is 0 Å². The molecule has 1 nitrogen and oxygen atoms in total. The summed E-state index contributed by atoms with van der Waals surface area (Å²) >= 11 is 3.50. The van der Waals surface area contributed by atoms with Crippen molar-refractivity contribution in [2.24, 2.45) is 5.92 Å². The fourth-order valence-electron chi connectivity index (χ4n) is 1.56. The van der Waals surface area contributed by atoms with Gasteiger partial charge < -0.3 is 5.32 Å². The smallest absolute Gasteiger partial charge is 0.0292 e. The number of benzene rings is 1. The van der Waals surface area contributed by atoms with Gasteiger partial charge in [0.2, 0.25) is 0 Å². The molecule has 1 aromatic carbocycles. The van der Waals surface area contributed by atoms with E-state index in [2.05, 4.69) is 52.4 Å². The second-order valence-corrected chi connectivity index (χ2v) is 5.04. The van der Waals surface area contributed by atoms with Gasteiger partial charge in [-0.1, -0.05) is 28.1 Å². The summed E-state index contributed by atoms with van der Waals surface area (Å²) in [7, 11) is 0. The van der Waals surface area contributed by atoms with Gasteiger partial charge in [-0.15, -0.1) is 0 Å². The van der Waals surface area contributed by atoms with E-state index in [9.17, 15) is 0 Å². The van der Waals surface area contributed by atoms with E-state index in [0.29, 0.717) is 6.04 Å². The van der Waals surface area contributed by atoms with Gasteiger partial charge in [-0.3, -0.25) is 0 Å². The first-order valence-corrected chi connectivity index (χ1v) is 6.04. The number of halogens is 1. The quantitative estimate of drug-likeness (QED) is 0.866. The van der Waals surface area contributed by atoms with Crippen LogP contribution in [-0.4, -0.2) is 6.54 Å². The SMILES string of the molecule is C[C@H](NCC1CC1)c1cccc(Br)c1. The highest BCUT2D eigenvalue weighted by Crippen LogP contribution is 2.28. The zero-order valence-corrected chi connectivity index (χ0v) is 10.0. The summed E-state index contributed by atoms with van der Waals surface area (Å²) in [6.07, 6.45) is 2.83. The average molecular weight is 254 g/mol. The molecule has 0 heterocycles. The minimum Gasteiger partial charge on any atom is -0.310 e. The fourth-order valence-corrected chi connectivity index (χ4v) is 1.98. The van der Waals surface area contributed by atoms with Crippen LogP contribution in [0.2, 0.25) is 0 Å². The first-order valence-electron chi connectivity index (χ1n) is 5.24. The molecule has 0 unspecified atom stereocenters. The zero-order chi connectivity index (χ0) is 9.97. The third-order valence-corrected chi connectivity index (χ3v) is 3.25. The Morgan fingerprint density at radius 1 is 1.50 bits per heavy atom. The maximum atomic E-state index is 3.57. The molecular weight excluding hydrogens is 238 g/mol. The van der Waals surface area contributed by atoms with Crippen molar-refractivity contribution in [3.63, 3.8) is 0 Å². The Balaban J connectivity index is 1.91. The van der Waals surface area contributed by atoms with Crippen LogP contribution >= 0.6 is 15.9 Å². The molecule has 1 N–H and O–H groups in total. The summed E-state index contributed by atoms with van der Waals surface area (Å²) in [5.41, 5.74) is 1.36. The van der Waals surface area contributed by atoms with Crippen LogP contribution in [0.15, 0.2) is 28.7 Å². The zero-order valence-electron chi connectivity index (χ0n) is 8.46. The van der Waals surface area contributed by atoms with E-state index in [1.54, 1.807) is 0 Å². The summed E-state index contributed by atoms with van der Waals surface area (Å²) in [6.45, 7) is 3.40. The topological polar surface area (TPSA) is 12.0 Å². The summed E-state index contributed by atoms with van der Waals surface area (Å²) in [4.78, 5) is 0. The van der Waals surface area contributed by atoms with Gasteiger partial charge in [-0.2, -0.15) is 0 Å². The van der Waals surface area contributed by atoms with Crippen molar-refractivity contribution < 1.29 is 0 Å². The molecule has 2 rings (SSSR count). The Labute approximate surface area is 94.0 Å². The summed E-state index contributed by atoms with van der Waals surface area (Å²) in [5.74, 6) is 0.949. The molecule has 1 aromatic rings. The van der Waals surface area contributed by atoms with Gasteiger partial charge in [0.15, 0.2) is 0 Å². The molecule has 1 atom stereocenters. The van der Waals surface area contributed by atoms with Crippen molar-refractivity contribution in [3.05, 3.63) is 34.3 Å². The minimum atomic E-state index is 0.466. The summed E-state index contributed by atoms with van der Waals surface area (Å²) in [5, 5.41) is 3.57. The van der Waals surface area contributed by atoms with E-state index in [1.807, 2.05) is 0 Å². The van der Waals surface area contributed by atoms with Crippen LogP contribution < -0.4 is 5.32 Å². The second kappa shape index (κ2) is 4.45. The van der Waals surface area contributed by atoms with Gasteiger partial charge in [0.1, 0.15) is 0 Å². The van der Waals surface area contributed by atoms with Crippen molar-refractivity contribution >= 4 is 15.9 Å². The number of rotatable bonds is 4. The van der Waals surface area contributed by atoms with Crippen molar-refractivity contribution in [2.45, 2.75) is 25.8 Å². The predicted octanol–water partition coefficient (Wildman–Crippen LogP) is 3.51. The van der Waals surface area contributed by atoms with Gasteiger partial charge in [-0.25, -0.2) is 0 Å². The van der Waals surface area contributed by atoms with Crippen molar-refractivity contribution in [1.29, 1.82) is 0 Å². The molecule has 2 heteroatoms. The second-order valence-electron chi connectivity index (χ2n) is 4.13. The molecule has 1 aliphatic carbocycles. The molecule has 14 heavy (non-hydrogen) atoms. The van der Waals surface area contributed by atoms with Crippen LogP contribution in [0.3, 0.4) is 0 Å². The third-order valence-electron chi connectivity index (χ3n) is 2.76. The van der Waals surface area contributed by atoms with Crippen molar-refractivity contribution in [2.75, 3.05) is 6.54 Å². The van der Waals surface area contributed by atoms with Gasteiger partial charge in [0.05, 0.1) is 0 Å². The van der Waals surface area contributed by atoms with Crippen LogP contribution in [0.1, 0.15) is 31.4 Å². The maximum absolute atomic E-state index is 3.57. The first-order chi connectivity index (χ1) is 6.75. The molecule has 0 saturated heterocycles. The molecule has 0 amide bonds. The number of hydrogen-bond donors (Lipinski definition) is 1. The van der Waals surface area contributed by atoms with E-state index >= 15 is 0 Å². The predicted molar refractivity (Wildman–Crippen MR) is 63.3 cm³/mol. The van der Waals surface area contributed by atoms with Crippen LogP contribution in [0.25, 0.3) is 0 Å². The van der Waals surface area contributed by atoms with Crippen LogP contribution in [0.5, 0.6) is 0 Å². The summed E-state index contributed by atoms with van der Waals surface area (Å²) < 4.78 is 1.16. The molecule has 0 bridgehead atoms. The lowest BCUT2D eigenvalue weighted by Crippen LogP contribution is -2.20. The van der Waals surface area contributed by atoms with Gasteiger partial charge in [0, 0.05) is 10.5 Å². The Hall–Kier alpha value is -0.340. The van der Waals surface area contributed by atoms with Gasteiger partial charge in [-0.05, 0) is 49.9 Å². The molecule has 0 aromatic heterocycles. The molecule has 0 aliphatic heterocycles. The Kier molecular flexibility index (Phi) is 3.24. The lowest BCUT2D eigenvalue weighted by Gasteiger charge is -2.14. The van der Waals surface area contributed by atoms with E-state index in [4.69, 9.17) is 0 Å². The highest BCUT2D eigenvalue weighted by molar-refractivity contribution is 9.10. The molecule has 0 radical (unpaired) electrons. The fraction of sp³-hybridized carbons (Fsp3) is 0.500. The van der Waals surface area contributed by atoms with E-state index in [-0.39, 0.29) is 0 Å². The minimum absolute atomic E-state index is 0.466. The standard InChI is InChI=1S/C12H16BrN/c1-9(14-8-10-5-6-10)11-3-2-4-12(13)7-11/h2-4,7,9-10,14H,5-6,8H2,1H3/t9-/m0/s1. The molecule has 0 spiro atoms. The Bertz CT molecular complexity index is 307. The van der Waals surface area contributed by atoms with E-state index < -0.39 is 0 Å². The molecule has 1 aliphatic rings. The average Bonchev–Trinajstić information content (AvgIpc) is 2.97. The Morgan fingerprint density at radius 3 is 2.93 bits per heavy atom. The van der Waals surface area contributed by atoms with Gasteiger partial charge >= 0.3 is 0 Å². The lowest BCUT2D eigenvalue weighted by atomic mass is 10.1. The monoisotopic (exact) mass is 253 g/mol. The molecule has 76 valence electrons. The molecular formula is C12H16BrN. The number of hydrogen-bond acceptors (Lipinski definition) is 1. The van der Waals surface area contributed by atoms with E-state index in [0.717, 1.165) is 10.4 Å². The van der Waals surface area contributed by atoms with Gasteiger partial charge in [0.25, 0.3) is 0 Å². The first kappa shape index (κ1) is 10.2. The highest BCUT2D eigenvalue weighted by Gasteiger charge is 2.21. The molecule has 1 saturated carbocycles.